The highest BCUT2D eigenvalue weighted by atomic mass is 16.1. The first-order valence-corrected chi connectivity index (χ1v) is 10.2. The molecule has 0 atom stereocenters. The zero-order chi connectivity index (χ0) is 18.9. The van der Waals surface area contributed by atoms with E-state index in [1.54, 1.807) is 23.4 Å². The van der Waals surface area contributed by atoms with Crippen LogP contribution in [0.25, 0.3) is 10.9 Å². The first-order chi connectivity index (χ1) is 13.8. The topological polar surface area (TPSA) is 76.8 Å². The third-order valence-corrected chi connectivity index (χ3v) is 6.04. The zero-order valence-electron chi connectivity index (χ0n) is 15.9. The summed E-state index contributed by atoms with van der Waals surface area (Å²) < 4.78 is 1.70. The van der Waals surface area contributed by atoms with Crippen LogP contribution in [0.3, 0.4) is 0 Å². The van der Waals surface area contributed by atoms with Gasteiger partial charge in [-0.1, -0.05) is 0 Å². The molecule has 1 aliphatic heterocycles. The summed E-state index contributed by atoms with van der Waals surface area (Å²) >= 11 is 0. The van der Waals surface area contributed by atoms with Crippen LogP contribution >= 0.6 is 0 Å². The van der Waals surface area contributed by atoms with Gasteiger partial charge in [-0.15, -0.1) is 0 Å². The van der Waals surface area contributed by atoms with Crippen LogP contribution in [0.5, 0.6) is 0 Å². The van der Waals surface area contributed by atoms with Crippen molar-refractivity contribution < 1.29 is 0 Å². The lowest BCUT2D eigenvalue weighted by molar-refractivity contribution is 0.331. The quantitative estimate of drug-likeness (QED) is 0.698. The number of rotatable bonds is 3. The van der Waals surface area contributed by atoms with E-state index in [4.69, 9.17) is 0 Å². The second-order valence-corrected chi connectivity index (χ2v) is 7.86. The average molecular weight is 376 g/mol. The lowest BCUT2D eigenvalue weighted by atomic mass is 9.95. The first-order valence-electron chi connectivity index (χ1n) is 10.2. The van der Waals surface area contributed by atoms with Crippen LogP contribution in [0.1, 0.15) is 36.9 Å². The minimum atomic E-state index is 0.0531. The summed E-state index contributed by atoms with van der Waals surface area (Å²) in [6.45, 7) is 2.58. The Balaban J connectivity index is 1.29. The van der Waals surface area contributed by atoms with Gasteiger partial charge in [0.15, 0.2) is 0 Å². The van der Waals surface area contributed by atoms with Crippen LogP contribution in [0.2, 0.25) is 0 Å². The Kier molecular flexibility index (Phi) is 4.50. The Morgan fingerprint density at radius 2 is 1.96 bits per heavy atom. The SMILES string of the molecule is O=c1cc2c(nn1CC1CCN(c3ncnc4cnccc34)CC1)CCCC2. The Labute approximate surface area is 163 Å². The van der Waals surface area contributed by atoms with E-state index >= 15 is 0 Å². The summed E-state index contributed by atoms with van der Waals surface area (Å²) in [5.41, 5.74) is 3.22. The molecule has 0 radical (unpaired) electrons. The van der Waals surface area contributed by atoms with E-state index in [2.05, 4.69) is 25.0 Å². The molecule has 5 rings (SSSR count). The molecule has 0 saturated carbocycles. The highest BCUT2D eigenvalue weighted by molar-refractivity contribution is 5.88. The Hall–Kier alpha value is -2.83. The molecule has 3 aromatic heterocycles. The number of fused-ring (bicyclic) bond motifs is 2. The summed E-state index contributed by atoms with van der Waals surface area (Å²) in [4.78, 5) is 27.8. The van der Waals surface area contributed by atoms with Crippen molar-refractivity contribution >= 4 is 16.7 Å². The predicted molar refractivity (Wildman–Crippen MR) is 107 cm³/mol. The third-order valence-electron chi connectivity index (χ3n) is 6.04. The standard InChI is InChI=1S/C21H24N6O/c28-20-11-16-3-1-2-4-18(16)25-27(20)13-15-6-9-26(10-7-15)21-17-5-8-22-12-19(17)23-14-24-21/h5,8,11-12,14-15H,1-4,6-7,9-10,13H2. The largest absolute Gasteiger partial charge is 0.356 e. The van der Waals surface area contributed by atoms with Gasteiger partial charge in [-0.3, -0.25) is 9.78 Å². The van der Waals surface area contributed by atoms with Gasteiger partial charge in [0.25, 0.3) is 5.56 Å². The molecule has 0 bridgehead atoms. The summed E-state index contributed by atoms with van der Waals surface area (Å²) in [6.07, 6.45) is 11.6. The maximum absolute atomic E-state index is 12.5. The molecule has 0 aromatic carbocycles. The smallest absolute Gasteiger partial charge is 0.267 e. The van der Waals surface area contributed by atoms with Gasteiger partial charge in [0.2, 0.25) is 0 Å². The van der Waals surface area contributed by atoms with E-state index in [-0.39, 0.29) is 5.56 Å². The molecule has 1 saturated heterocycles. The first kappa shape index (κ1) is 17.3. The summed E-state index contributed by atoms with van der Waals surface area (Å²) in [6, 6.07) is 3.80. The van der Waals surface area contributed by atoms with Gasteiger partial charge in [0.1, 0.15) is 12.1 Å². The molecule has 1 fully saturated rings. The molecule has 0 spiro atoms. The molecule has 4 heterocycles. The van der Waals surface area contributed by atoms with Crippen LogP contribution in [0, 0.1) is 5.92 Å². The lowest BCUT2D eigenvalue weighted by Gasteiger charge is -2.33. The number of hydrogen-bond acceptors (Lipinski definition) is 6. The number of hydrogen-bond donors (Lipinski definition) is 0. The van der Waals surface area contributed by atoms with Gasteiger partial charge in [0.05, 0.1) is 17.4 Å². The normalized spacial score (nSPS) is 17.6. The van der Waals surface area contributed by atoms with E-state index in [0.29, 0.717) is 12.5 Å². The molecule has 7 nitrogen and oxygen atoms in total. The average Bonchev–Trinajstić information content (AvgIpc) is 2.74. The summed E-state index contributed by atoms with van der Waals surface area (Å²) in [7, 11) is 0. The third kappa shape index (κ3) is 3.25. The highest BCUT2D eigenvalue weighted by Crippen LogP contribution is 2.27. The number of aryl methyl sites for hydroxylation is 2. The fourth-order valence-electron chi connectivity index (χ4n) is 4.45. The van der Waals surface area contributed by atoms with Gasteiger partial charge in [-0.2, -0.15) is 5.10 Å². The predicted octanol–water partition coefficient (Wildman–Crippen LogP) is 2.38. The van der Waals surface area contributed by atoms with E-state index in [9.17, 15) is 4.79 Å². The van der Waals surface area contributed by atoms with Gasteiger partial charge < -0.3 is 4.90 Å². The second kappa shape index (κ2) is 7.30. The maximum Gasteiger partial charge on any atom is 0.267 e. The molecule has 2 aliphatic rings. The molecule has 144 valence electrons. The van der Waals surface area contributed by atoms with Gasteiger partial charge in [-0.25, -0.2) is 14.6 Å². The Morgan fingerprint density at radius 3 is 2.86 bits per heavy atom. The molecular formula is C21H24N6O. The minimum Gasteiger partial charge on any atom is -0.356 e. The number of nitrogens with zero attached hydrogens (tertiary/aromatic N) is 6. The zero-order valence-corrected chi connectivity index (χ0v) is 15.9. The van der Waals surface area contributed by atoms with E-state index in [0.717, 1.165) is 66.8 Å². The van der Waals surface area contributed by atoms with Crippen molar-refractivity contribution in [3.05, 3.63) is 52.5 Å². The van der Waals surface area contributed by atoms with Crippen LogP contribution in [-0.4, -0.2) is 37.8 Å². The van der Waals surface area contributed by atoms with Crippen molar-refractivity contribution in [2.45, 2.75) is 45.1 Å². The fraction of sp³-hybridized carbons (Fsp3) is 0.476. The van der Waals surface area contributed by atoms with Crippen molar-refractivity contribution in [1.29, 1.82) is 0 Å². The van der Waals surface area contributed by atoms with E-state index in [1.807, 2.05) is 12.1 Å². The van der Waals surface area contributed by atoms with Crippen molar-refractivity contribution in [3.63, 3.8) is 0 Å². The van der Waals surface area contributed by atoms with Crippen molar-refractivity contribution in [1.82, 2.24) is 24.7 Å². The molecular weight excluding hydrogens is 352 g/mol. The van der Waals surface area contributed by atoms with Crippen LogP contribution in [0.4, 0.5) is 5.82 Å². The van der Waals surface area contributed by atoms with Crippen LogP contribution in [-0.2, 0) is 19.4 Å². The van der Waals surface area contributed by atoms with Crippen molar-refractivity contribution in [2.75, 3.05) is 18.0 Å². The molecule has 7 heteroatoms. The second-order valence-electron chi connectivity index (χ2n) is 7.86. The molecule has 1 aliphatic carbocycles. The van der Waals surface area contributed by atoms with Crippen LogP contribution in [0.15, 0.2) is 35.6 Å². The minimum absolute atomic E-state index is 0.0531. The Bertz CT molecular complexity index is 1050. The highest BCUT2D eigenvalue weighted by Gasteiger charge is 2.23. The molecule has 0 N–H and O–H groups in total. The summed E-state index contributed by atoms with van der Waals surface area (Å²) in [5, 5.41) is 5.73. The van der Waals surface area contributed by atoms with E-state index < -0.39 is 0 Å². The number of anilines is 1. The van der Waals surface area contributed by atoms with Gasteiger partial charge >= 0.3 is 0 Å². The fourth-order valence-corrected chi connectivity index (χ4v) is 4.45. The Morgan fingerprint density at radius 1 is 1.11 bits per heavy atom. The lowest BCUT2D eigenvalue weighted by Crippen LogP contribution is -2.37. The molecule has 28 heavy (non-hydrogen) atoms. The molecule has 0 unspecified atom stereocenters. The monoisotopic (exact) mass is 376 g/mol. The number of piperidine rings is 1. The molecule has 0 amide bonds. The van der Waals surface area contributed by atoms with E-state index in [1.165, 1.54) is 12.8 Å². The van der Waals surface area contributed by atoms with Crippen molar-refractivity contribution in [2.24, 2.45) is 5.92 Å². The van der Waals surface area contributed by atoms with Gasteiger partial charge in [-0.05, 0) is 56.1 Å². The van der Waals surface area contributed by atoms with Crippen LogP contribution < -0.4 is 10.5 Å². The maximum atomic E-state index is 12.5. The van der Waals surface area contributed by atoms with Crippen molar-refractivity contribution in [3.8, 4) is 0 Å². The number of pyridine rings is 1. The molecule has 3 aromatic rings. The van der Waals surface area contributed by atoms with Gasteiger partial charge in [0, 0.05) is 37.3 Å². The number of aromatic nitrogens is 5. The summed E-state index contributed by atoms with van der Waals surface area (Å²) in [5.74, 6) is 1.45.